The Morgan fingerprint density at radius 3 is 2.02 bits per heavy atom. The van der Waals surface area contributed by atoms with E-state index in [1.54, 1.807) is 32.0 Å². The monoisotopic (exact) mass is 609 g/mol. The highest BCUT2D eigenvalue weighted by Gasteiger charge is 2.45. The summed E-state index contributed by atoms with van der Waals surface area (Å²) in [6.45, 7) is 10.1. The molecule has 8 heteroatoms. The molecule has 0 aromatic heterocycles. The molecule has 1 saturated heterocycles. The van der Waals surface area contributed by atoms with E-state index in [9.17, 15) is 14.4 Å². The van der Waals surface area contributed by atoms with Crippen molar-refractivity contribution in [3.05, 3.63) is 60.7 Å². The molecule has 1 aliphatic rings. The van der Waals surface area contributed by atoms with Gasteiger partial charge in [0.1, 0.15) is 6.10 Å². The van der Waals surface area contributed by atoms with Gasteiger partial charge in [0.2, 0.25) is 17.7 Å². The summed E-state index contributed by atoms with van der Waals surface area (Å²) in [5.41, 5.74) is 0.609. The molecule has 8 nitrogen and oxygen atoms in total. The quantitative estimate of drug-likeness (QED) is 0.109. The molecule has 3 amide bonds. The van der Waals surface area contributed by atoms with E-state index in [4.69, 9.17) is 9.47 Å². The van der Waals surface area contributed by atoms with E-state index in [1.165, 1.54) is 6.42 Å². The van der Waals surface area contributed by atoms with Gasteiger partial charge in [-0.15, -0.1) is 0 Å². The van der Waals surface area contributed by atoms with Gasteiger partial charge in [-0.25, -0.2) is 0 Å². The molecule has 1 atom stereocenters. The summed E-state index contributed by atoms with van der Waals surface area (Å²) in [5, 5.41) is 8.60. The number of rotatable bonds is 19. The molecule has 0 spiro atoms. The lowest BCUT2D eigenvalue weighted by Crippen LogP contribution is -2.56. The number of carbonyl (C=O) groups is 3. The number of benzene rings is 1. The molecule has 1 aromatic rings. The molecule has 1 heterocycles. The molecule has 0 aliphatic carbocycles. The van der Waals surface area contributed by atoms with Crippen LogP contribution in [-0.2, 0) is 23.9 Å². The Balaban J connectivity index is 1.62. The van der Waals surface area contributed by atoms with Gasteiger partial charge >= 0.3 is 0 Å². The Morgan fingerprint density at radius 1 is 0.795 bits per heavy atom. The Hall–Kier alpha value is -3.23. The van der Waals surface area contributed by atoms with Crippen LogP contribution in [0.15, 0.2) is 60.7 Å². The molecule has 1 fully saturated rings. The first kappa shape index (κ1) is 37.0. The van der Waals surface area contributed by atoms with Gasteiger partial charge < -0.3 is 25.4 Å². The minimum absolute atomic E-state index is 0.0675. The molecule has 44 heavy (non-hydrogen) atoms. The Morgan fingerprint density at radius 2 is 1.36 bits per heavy atom. The molecule has 0 bridgehead atoms. The minimum Gasteiger partial charge on any atom is -0.353 e. The summed E-state index contributed by atoms with van der Waals surface area (Å²) < 4.78 is 11.5. The van der Waals surface area contributed by atoms with Crippen molar-refractivity contribution in [3.63, 3.8) is 0 Å². The van der Waals surface area contributed by atoms with Crippen LogP contribution in [0.2, 0.25) is 0 Å². The average molecular weight is 610 g/mol. The summed E-state index contributed by atoms with van der Waals surface area (Å²) >= 11 is 0. The molecule has 1 unspecified atom stereocenters. The molecule has 2 rings (SSSR count). The third-order valence-electron chi connectivity index (χ3n) is 7.32. The van der Waals surface area contributed by atoms with Crippen molar-refractivity contribution >= 4 is 29.1 Å². The lowest BCUT2D eigenvalue weighted by Gasteiger charge is -2.44. The fourth-order valence-corrected chi connectivity index (χ4v) is 4.74. The van der Waals surface area contributed by atoms with Crippen LogP contribution in [0.1, 0.15) is 105 Å². The van der Waals surface area contributed by atoms with Crippen molar-refractivity contribution in [2.45, 2.75) is 117 Å². The highest BCUT2D eigenvalue weighted by molar-refractivity contribution is 5.99. The van der Waals surface area contributed by atoms with Gasteiger partial charge in [0.15, 0.2) is 5.79 Å². The Bertz CT molecular complexity index is 1120. The molecule has 0 radical (unpaired) electrons. The fourth-order valence-electron chi connectivity index (χ4n) is 4.74. The standard InChI is InChI=1S/C36H55N3O5/c1-6-7-8-9-10-11-12-13-14-15-16-17-18-19-20-25-31(40)38-29-23-21-22-24-30(29)39-32(41)26-27-37-34(42)33-35(2,3)28-43-36(4,5)44-33/h7-8,10-11,13-14,21-24,33H,6,9,12,15-20,25-28H2,1-5H3,(H,37,42)(H,38,40)(H,39,41). The van der Waals surface area contributed by atoms with Gasteiger partial charge in [-0.2, -0.15) is 0 Å². The fraction of sp³-hybridized carbons (Fsp3) is 0.583. The highest BCUT2D eigenvalue weighted by atomic mass is 16.7. The summed E-state index contributed by atoms with van der Waals surface area (Å²) in [4.78, 5) is 38.0. The van der Waals surface area contributed by atoms with Crippen LogP contribution in [0, 0.1) is 5.41 Å². The van der Waals surface area contributed by atoms with Gasteiger partial charge in [0.05, 0.1) is 18.0 Å². The lowest BCUT2D eigenvalue weighted by atomic mass is 9.85. The van der Waals surface area contributed by atoms with Crippen molar-refractivity contribution in [2.24, 2.45) is 5.41 Å². The summed E-state index contributed by atoms with van der Waals surface area (Å²) in [5.74, 6) is -1.43. The van der Waals surface area contributed by atoms with Crippen LogP contribution in [0.25, 0.3) is 0 Å². The Kier molecular flexibility index (Phi) is 16.7. The number of nitrogens with one attached hydrogen (secondary N) is 3. The number of hydrogen-bond donors (Lipinski definition) is 3. The maximum atomic E-state index is 12.8. The molecule has 1 aromatic carbocycles. The summed E-state index contributed by atoms with van der Waals surface area (Å²) in [7, 11) is 0. The third-order valence-corrected chi connectivity index (χ3v) is 7.32. The largest absolute Gasteiger partial charge is 0.353 e. The number of carbonyl (C=O) groups excluding carboxylic acids is 3. The van der Waals surface area contributed by atoms with Crippen molar-refractivity contribution in [2.75, 3.05) is 23.8 Å². The van der Waals surface area contributed by atoms with E-state index in [0.717, 1.165) is 51.4 Å². The van der Waals surface area contributed by atoms with E-state index in [0.29, 0.717) is 24.4 Å². The van der Waals surface area contributed by atoms with Gasteiger partial charge in [0, 0.05) is 24.8 Å². The van der Waals surface area contributed by atoms with Gasteiger partial charge in [-0.05, 0) is 64.5 Å². The lowest BCUT2D eigenvalue weighted by molar-refractivity contribution is -0.304. The predicted molar refractivity (Wildman–Crippen MR) is 179 cm³/mol. The van der Waals surface area contributed by atoms with Crippen molar-refractivity contribution in [3.8, 4) is 0 Å². The normalized spacial score (nSPS) is 17.7. The van der Waals surface area contributed by atoms with Crippen LogP contribution < -0.4 is 16.0 Å². The van der Waals surface area contributed by atoms with Crippen LogP contribution in [0.5, 0.6) is 0 Å². The zero-order chi connectivity index (χ0) is 32.3. The number of hydrogen-bond acceptors (Lipinski definition) is 5. The zero-order valence-corrected chi connectivity index (χ0v) is 27.6. The summed E-state index contributed by atoms with van der Waals surface area (Å²) in [6, 6.07) is 7.15. The van der Waals surface area contributed by atoms with Crippen molar-refractivity contribution < 1.29 is 23.9 Å². The van der Waals surface area contributed by atoms with Gasteiger partial charge in [-0.1, -0.05) is 88.6 Å². The Labute approximate surface area is 265 Å². The van der Waals surface area contributed by atoms with Gasteiger partial charge in [0.25, 0.3) is 0 Å². The number of unbranched alkanes of at least 4 members (excludes halogenated alkanes) is 5. The van der Waals surface area contributed by atoms with Crippen LogP contribution in [0.4, 0.5) is 11.4 Å². The van der Waals surface area contributed by atoms with Crippen molar-refractivity contribution in [1.29, 1.82) is 0 Å². The molecular formula is C36H55N3O5. The third kappa shape index (κ3) is 15.0. The molecule has 244 valence electrons. The first-order chi connectivity index (χ1) is 21.0. The van der Waals surface area contributed by atoms with E-state index < -0.39 is 17.3 Å². The van der Waals surface area contributed by atoms with Crippen molar-refractivity contribution in [1.82, 2.24) is 5.32 Å². The van der Waals surface area contributed by atoms with E-state index in [1.807, 2.05) is 19.9 Å². The second kappa shape index (κ2) is 19.9. The number of anilines is 2. The van der Waals surface area contributed by atoms with Crippen LogP contribution >= 0.6 is 0 Å². The minimum atomic E-state index is -0.843. The molecule has 3 N–H and O–H groups in total. The van der Waals surface area contributed by atoms with E-state index in [-0.39, 0.29) is 30.7 Å². The topological polar surface area (TPSA) is 106 Å². The number of para-hydroxylation sites is 2. The maximum Gasteiger partial charge on any atom is 0.249 e. The van der Waals surface area contributed by atoms with Crippen LogP contribution in [-0.4, -0.2) is 42.8 Å². The molecule has 0 saturated carbocycles. The smallest absolute Gasteiger partial charge is 0.249 e. The second-order valence-electron chi connectivity index (χ2n) is 12.5. The first-order valence-corrected chi connectivity index (χ1v) is 16.3. The predicted octanol–water partition coefficient (Wildman–Crippen LogP) is 7.84. The zero-order valence-electron chi connectivity index (χ0n) is 27.6. The van der Waals surface area contributed by atoms with E-state index >= 15 is 0 Å². The first-order valence-electron chi connectivity index (χ1n) is 16.3. The number of allylic oxidation sites excluding steroid dienone is 6. The summed E-state index contributed by atoms with van der Waals surface area (Å²) in [6.07, 6.45) is 22.6. The molecular weight excluding hydrogens is 554 g/mol. The SMILES string of the molecule is CCC=CCC=CCC=CCCCCCCCC(=O)Nc1ccccc1NC(=O)CCNC(=O)C1OC(C)(C)OCC1(C)C. The van der Waals surface area contributed by atoms with Gasteiger partial charge in [-0.3, -0.25) is 14.4 Å². The highest BCUT2D eigenvalue weighted by Crippen LogP contribution is 2.34. The van der Waals surface area contributed by atoms with E-state index in [2.05, 4.69) is 59.3 Å². The van der Waals surface area contributed by atoms with Crippen LogP contribution in [0.3, 0.4) is 0 Å². The average Bonchev–Trinajstić information content (AvgIpc) is 2.97. The second-order valence-corrected chi connectivity index (χ2v) is 12.5. The number of amides is 3. The molecule has 1 aliphatic heterocycles. The maximum absolute atomic E-state index is 12.8. The number of ether oxygens (including phenoxy) is 2.